The maximum Gasteiger partial charge on any atom is 0.187 e. The highest BCUT2D eigenvalue weighted by Gasteiger charge is 2.76. The van der Waals surface area contributed by atoms with E-state index in [1.54, 1.807) is 0 Å². The van der Waals surface area contributed by atoms with E-state index in [0.717, 1.165) is 25.7 Å². The van der Waals surface area contributed by atoms with Gasteiger partial charge in [0.2, 0.25) is 0 Å². The van der Waals surface area contributed by atoms with Gasteiger partial charge in [0.1, 0.15) is 73.2 Å². The fourth-order valence-corrected chi connectivity index (χ4v) is 14.3. The molecule has 65 heavy (non-hydrogen) atoms. The van der Waals surface area contributed by atoms with Crippen LogP contribution in [0.2, 0.25) is 0 Å². The van der Waals surface area contributed by atoms with Gasteiger partial charge in [0.05, 0.1) is 44.2 Å². The summed E-state index contributed by atoms with van der Waals surface area (Å²) in [6.45, 7) is 6.41. The summed E-state index contributed by atoms with van der Waals surface area (Å²) >= 11 is 0. The minimum Gasteiger partial charge on any atom is -0.394 e. The third kappa shape index (κ3) is 8.47. The van der Waals surface area contributed by atoms with E-state index in [4.69, 9.17) is 33.2 Å². The molecule has 4 saturated heterocycles. The zero-order valence-corrected chi connectivity index (χ0v) is 37.9. The fraction of sp³-hybridized carbons (Fsp3) is 1.00. The zero-order valence-electron chi connectivity index (χ0n) is 37.9. The minimum atomic E-state index is -1.84. The smallest absolute Gasteiger partial charge is 0.187 e. The summed E-state index contributed by atoms with van der Waals surface area (Å²) in [6, 6.07) is 0. The molecule has 13 N–H and O–H groups in total. The number of ether oxygens (including phenoxy) is 7. The first-order chi connectivity index (χ1) is 30.7. The fourth-order valence-electron chi connectivity index (χ4n) is 14.3. The molecule has 20 nitrogen and oxygen atoms in total. The molecule has 1 unspecified atom stereocenters. The quantitative estimate of drug-likeness (QED) is 0.0896. The molecule has 4 aliphatic heterocycles. The van der Waals surface area contributed by atoms with Crippen LogP contribution >= 0.6 is 0 Å². The van der Waals surface area contributed by atoms with Crippen LogP contribution in [0.25, 0.3) is 0 Å². The van der Waals surface area contributed by atoms with Gasteiger partial charge in [-0.05, 0) is 80.5 Å². The topological polar surface area (TPSA) is 328 Å². The van der Waals surface area contributed by atoms with Gasteiger partial charge in [0, 0.05) is 30.1 Å². The Morgan fingerprint density at radius 2 is 1.26 bits per heavy atom. The van der Waals surface area contributed by atoms with Crippen molar-refractivity contribution in [2.45, 2.75) is 208 Å². The van der Waals surface area contributed by atoms with E-state index in [2.05, 4.69) is 13.8 Å². The molecule has 8 fully saturated rings. The molecule has 4 aliphatic carbocycles. The number of aliphatic hydroxyl groups excluding tert-OH is 12. The highest BCUT2D eigenvalue weighted by Crippen LogP contribution is 2.74. The molecule has 376 valence electrons. The molecule has 0 spiro atoms. The van der Waals surface area contributed by atoms with Crippen molar-refractivity contribution >= 4 is 0 Å². The predicted molar refractivity (Wildman–Crippen MR) is 220 cm³/mol. The molecule has 0 radical (unpaired) electrons. The molecule has 4 saturated carbocycles. The van der Waals surface area contributed by atoms with Crippen LogP contribution in [0.1, 0.15) is 91.9 Å². The average Bonchev–Trinajstić information content (AvgIpc) is 3.68. The standard InChI is InChI=1S/C45H76O20/c1-19(18-59-39-35(55)33(53)30(50)26(15-46)60-39)7-12-45(58)20(2)29-25(64-45)14-44(24-6-5-21-13-22(49)8-10-42(21,3)23(24)9-11-43(29,44)4)65-41-37(57)38(32(52)28(17-48)62-41)63-40-36(56)34(54)31(51)27(16-47)61-40/h19-41,46-58H,5-18H2,1-4H3/t19-,20-,21+,22-,23-,24+,25-,26+,27+,28+,29-,30-,31+,32-,33-,34-,35+,36+,37+,38-,39+,40-,41-,42-,43+,44?,45+/m0/s1. The first-order valence-corrected chi connectivity index (χ1v) is 23.9. The van der Waals surface area contributed by atoms with Gasteiger partial charge in [-0.2, -0.15) is 0 Å². The van der Waals surface area contributed by atoms with Crippen LogP contribution in [0.4, 0.5) is 0 Å². The molecule has 0 bridgehead atoms. The molecule has 8 rings (SSSR count). The van der Waals surface area contributed by atoms with Crippen LogP contribution in [0, 0.1) is 46.3 Å². The van der Waals surface area contributed by atoms with Gasteiger partial charge in [-0.15, -0.1) is 0 Å². The van der Waals surface area contributed by atoms with Crippen LogP contribution in [-0.4, -0.2) is 209 Å². The van der Waals surface area contributed by atoms with Crippen LogP contribution in [-0.2, 0) is 33.2 Å². The molecule has 0 amide bonds. The molecule has 0 aromatic rings. The third-order valence-electron chi connectivity index (χ3n) is 18.1. The van der Waals surface area contributed by atoms with E-state index in [1.807, 2.05) is 13.8 Å². The minimum absolute atomic E-state index is 0.0723. The lowest BCUT2D eigenvalue weighted by molar-refractivity contribution is -0.386. The molecule has 20 heteroatoms. The van der Waals surface area contributed by atoms with Gasteiger partial charge >= 0.3 is 0 Å². The van der Waals surface area contributed by atoms with Gasteiger partial charge in [-0.1, -0.05) is 27.7 Å². The summed E-state index contributed by atoms with van der Waals surface area (Å²) in [6.07, 6.45) is -17.7. The first-order valence-electron chi connectivity index (χ1n) is 23.9. The second kappa shape index (κ2) is 19.1. The Morgan fingerprint density at radius 3 is 1.91 bits per heavy atom. The normalized spacial score (nSPS) is 56.1. The number of fused-ring (bicyclic) bond motifs is 7. The van der Waals surface area contributed by atoms with Crippen LogP contribution in [0.5, 0.6) is 0 Å². The van der Waals surface area contributed by atoms with Gasteiger partial charge < -0.3 is 99.5 Å². The Kier molecular flexibility index (Phi) is 14.8. The Balaban J connectivity index is 1.04. The van der Waals surface area contributed by atoms with E-state index >= 15 is 0 Å². The Bertz CT molecular complexity index is 1610. The third-order valence-corrected chi connectivity index (χ3v) is 18.1. The number of aliphatic hydroxyl groups is 13. The van der Waals surface area contributed by atoms with Crippen molar-refractivity contribution in [3.8, 4) is 0 Å². The van der Waals surface area contributed by atoms with E-state index in [0.29, 0.717) is 38.0 Å². The highest BCUT2D eigenvalue weighted by molar-refractivity contribution is 5.23. The second-order valence-electron chi connectivity index (χ2n) is 21.6. The molecular weight excluding hydrogens is 860 g/mol. The van der Waals surface area contributed by atoms with Crippen LogP contribution in [0.3, 0.4) is 0 Å². The molecule has 0 aromatic carbocycles. The number of rotatable bonds is 13. The van der Waals surface area contributed by atoms with E-state index in [1.165, 1.54) is 0 Å². The molecular formula is C45H76O20. The van der Waals surface area contributed by atoms with Crippen molar-refractivity contribution in [3.05, 3.63) is 0 Å². The monoisotopic (exact) mass is 936 g/mol. The molecule has 4 heterocycles. The highest BCUT2D eigenvalue weighted by atomic mass is 16.7. The summed E-state index contributed by atoms with van der Waals surface area (Å²) in [5, 5.41) is 139. The van der Waals surface area contributed by atoms with Gasteiger partial charge in [0.25, 0.3) is 0 Å². The van der Waals surface area contributed by atoms with Crippen molar-refractivity contribution in [3.63, 3.8) is 0 Å². The summed E-state index contributed by atoms with van der Waals surface area (Å²) in [7, 11) is 0. The van der Waals surface area contributed by atoms with Crippen LogP contribution in [0.15, 0.2) is 0 Å². The van der Waals surface area contributed by atoms with Crippen molar-refractivity contribution < 1.29 is 99.5 Å². The second-order valence-corrected chi connectivity index (χ2v) is 21.6. The summed E-state index contributed by atoms with van der Waals surface area (Å²) in [5.41, 5.74) is -1.85. The van der Waals surface area contributed by atoms with Gasteiger partial charge in [-0.3, -0.25) is 0 Å². The summed E-state index contributed by atoms with van der Waals surface area (Å²) in [4.78, 5) is 0. The Morgan fingerprint density at radius 1 is 0.662 bits per heavy atom. The average molecular weight is 937 g/mol. The van der Waals surface area contributed by atoms with Crippen LogP contribution < -0.4 is 0 Å². The lowest BCUT2D eigenvalue weighted by Gasteiger charge is -2.65. The summed E-state index contributed by atoms with van der Waals surface area (Å²) < 4.78 is 43.2. The predicted octanol–water partition coefficient (Wildman–Crippen LogP) is -2.66. The maximum atomic E-state index is 12.4. The van der Waals surface area contributed by atoms with E-state index in [-0.39, 0.29) is 48.2 Å². The van der Waals surface area contributed by atoms with Crippen molar-refractivity contribution in [2.24, 2.45) is 46.3 Å². The lowest BCUT2D eigenvalue weighted by Crippen LogP contribution is -2.69. The van der Waals surface area contributed by atoms with Crippen molar-refractivity contribution in [2.75, 3.05) is 26.4 Å². The largest absolute Gasteiger partial charge is 0.394 e. The van der Waals surface area contributed by atoms with E-state index < -0.39 is 141 Å². The molecule has 0 aromatic heterocycles. The summed E-state index contributed by atoms with van der Waals surface area (Å²) in [5.74, 6) is -2.04. The van der Waals surface area contributed by atoms with Crippen molar-refractivity contribution in [1.82, 2.24) is 0 Å². The molecule has 27 atom stereocenters. The number of hydrogen-bond acceptors (Lipinski definition) is 20. The number of hydrogen-bond donors (Lipinski definition) is 13. The molecule has 8 aliphatic rings. The first kappa shape index (κ1) is 50.6. The SMILES string of the molecule is C[C@@H](CC[C@@]1(O)O[C@H]2CC3(O[C@@H]4O[C@H](CO)[C@H](O)[C@H](O[C@@H]5O[C@H](CO)[C@@H](O)[C@H](O)[C@H]5O)[C@H]4O)[C@@H]4CC[C@@H]5C[C@@H](O)CC[C@]5(C)[C@H]4CC[C@]3(C)[C@H]2[C@@H]1C)CO[C@@H]1O[C@H](CO)[C@H](O)[C@H](O)[C@H]1O. The van der Waals surface area contributed by atoms with Gasteiger partial charge in [-0.25, -0.2) is 0 Å². The maximum absolute atomic E-state index is 12.4. The Hall–Kier alpha value is -0.800. The lowest BCUT2D eigenvalue weighted by atomic mass is 9.43. The Labute approximate surface area is 379 Å². The van der Waals surface area contributed by atoms with Crippen molar-refractivity contribution in [1.29, 1.82) is 0 Å². The van der Waals surface area contributed by atoms with Gasteiger partial charge in [0.15, 0.2) is 24.7 Å². The zero-order chi connectivity index (χ0) is 47.1. The van der Waals surface area contributed by atoms with E-state index in [9.17, 15) is 66.4 Å².